The highest BCUT2D eigenvalue weighted by molar-refractivity contribution is 5.88. The fraction of sp³-hybridized carbons (Fsp3) is 0.444. The van der Waals surface area contributed by atoms with Crippen molar-refractivity contribution in [2.45, 2.75) is 13.0 Å². The molecular weight excluding hydrogens is 318 g/mol. The van der Waals surface area contributed by atoms with Gasteiger partial charge in [0.25, 0.3) is 0 Å². The van der Waals surface area contributed by atoms with Crippen LogP contribution < -0.4 is 10.6 Å². The minimum atomic E-state index is -0.650. The van der Waals surface area contributed by atoms with Gasteiger partial charge in [-0.05, 0) is 26.6 Å². The largest absolute Gasteiger partial charge is 0.388 e. The number of hydrogen-bond donors (Lipinski definition) is 3. The number of rotatable bonds is 7. The Hall–Kier alpha value is -2.38. The lowest BCUT2D eigenvalue weighted by molar-refractivity contribution is 0.0911. The Balaban J connectivity index is 1.97. The molecule has 0 saturated carbocycles. The number of amides is 2. The molecule has 7 nitrogen and oxygen atoms in total. The Morgan fingerprint density at radius 3 is 2.56 bits per heavy atom. The molecule has 1 aromatic carbocycles. The molecule has 1 aromatic heterocycles. The molecule has 1 heterocycles. The maximum atomic E-state index is 12.2. The number of aliphatic hydroxyl groups excluding tert-OH is 1. The average Bonchev–Trinajstić information content (AvgIpc) is 2.88. The first-order chi connectivity index (χ1) is 11.9. The molecule has 0 bridgehead atoms. The fourth-order valence-electron chi connectivity index (χ4n) is 2.78. The molecule has 0 aliphatic heterocycles. The predicted octanol–water partition coefficient (Wildman–Crippen LogP) is 1.76. The highest BCUT2D eigenvalue weighted by atomic mass is 16.3. The number of nitrogens with zero attached hydrogens (tertiary/aromatic N) is 3. The van der Waals surface area contributed by atoms with Crippen LogP contribution in [0, 0.1) is 12.8 Å². The van der Waals surface area contributed by atoms with Crippen LogP contribution in [-0.2, 0) is 7.05 Å². The first-order valence-electron chi connectivity index (χ1n) is 8.30. The smallest absolute Gasteiger partial charge is 0.320 e. The fourth-order valence-corrected chi connectivity index (χ4v) is 2.78. The van der Waals surface area contributed by atoms with Crippen molar-refractivity contribution >= 4 is 11.8 Å². The molecule has 0 radical (unpaired) electrons. The summed E-state index contributed by atoms with van der Waals surface area (Å²) in [6.07, 6.45) is -0.650. The number of carbonyl (C=O) groups is 1. The van der Waals surface area contributed by atoms with Gasteiger partial charge in [-0.15, -0.1) is 0 Å². The number of hydrogen-bond acceptors (Lipinski definition) is 4. The van der Waals surface area contributed by atoms with Gasteiger partial charge in [0.2, 0.25) is 0 Å². The third-order valence-electron chi connectivity index (χ3n) is 3.96. The van der Waals surface area contributed by atoms with E-state index in [4.69, 9.17) is 0 Å². The second kappa shape index (κ2) is 8.64. The minimum absolute atomic E-state index is 0.128. The van der Waals surface area contributed by atoms with Crippen LogP contribution in [0.2, 0.25) is 0 Å². The molecule has 0 saturated heterocycles. The molecule has 25 heavy (non-hydrogen) atoms. The second-order valence-corrected chi connectivity index (χ2v) is 6.51. The zero-order chi connectivity index (χ0) is 18.4. The Kier molecular flexibility index (Phi) is 6.55. The summed E-state index contributed by atoms with van der Waals surface area (Å²) in [6.45, 7) is 2.88. The minimum Gasteiger partial charge on any atom is -0.388 e. The summed E-state index contributed by atoms with van der Waals surface area (Å²) < 4.78 is 1.62. The molecule has 2 atom stereocenters. The number of anilines is 1. The summed E-state index contributed by atoms with van der Waals surface area (Å²) in [5.41, 5.74) is 1.68. The molecule has 3 N–H and O–H groups in total. The van der Waals surface area contributed by atoms with Crippen molar-refractivity contribution in [2.75, 3.05) is 32.5 Å². The highest BCUT2D eigenvalue weighted by Gasteiger charge is 2.22. The summed E-state index contributed by atoms with van der Waals surface area (Å²) in [5, 5.41) is 20.5. The van der Waals surface area contributed by atoms with Gasteiger partial charge in [0, 0.05) is 32.1 Å². The SMILES string of the molecule is Cc1cc(NC(=O)NC[C@@H](CN(C)C)[C@@H](O)c2ccccc2)n(C)n1. The van der Waals surface area contributed by atoms with Crippen molar-refractivity contribution in [1.82, 2.24) is 20.0 Å². The van der Waals surface area contributed by atoms with Crippen LogP contribution in [0.15, 0.2) is 36.4 Å². The van der Waals surface area contributed by atoms with Gasteiger partial charge in [-0.3, -0.25) is 10.00 Å². The quantitative estimate of drug-likeness (QED) is 0.714. The van der Waals surface area contributed by atoms with Crippen molar-refractivity contribution in [1.29, 1.82) is 0 Å². The van der Waals surface area contributed by atoms with Crippen LogP contribution in [0.1, 0.15) is 17.4 Å². The summed E-state index contributed by atoms with van der Waals surface area (Å²) in [6, 6.07) is 11.0. The number of aromatic nitrogens is 2. The third-order valence-corrected chi connectivity index (χ3v) is 3.96. The average molecular weight is 345 g/mol. The highest BCUT2D eigenvalue weighted by Crippen LogP contribution is 2.22. The maximum Gasteiger partial charge on any atom is 0.320 e. The molecule has 2 rings (SSSR count). The van der Waals surface area contributed by atoms with Crippen LogP contribution in [0.4, 0.5) is 10.6 Å². The van der Waals surface area contributed by atoms with Crippen molar-refractivity contribution in [2.24, 2.45) is 13.0 Å². The Morgan fingerprint density at radius 1 is 1.32 bits per heavy atom. The van der Waals surface area contributed by atoms with Gasteiger partial charge in [0.15, 0.2) is 0 Å². The van der Waals surface area contributed by atoms with Gasteiger partial charge in [-0.1, -0.05) is 30.3 Å². The first-order valence-corrected chi connectivity index (χ1v) is 8.30. The van der Waals surface area contributed by atoms with Crippen LogP contribution in [0.5, 0.6) is 0 Å². The van der Waals surface area contributed by atoms with Gasteiger partial charge in [-0.2, -0.15) is 5.10 Å². The third kappa shape index (κ3) is 5.58. The van der Waals surface area contributed by atoms with E-state index in [-0.39, 0.29) is 11.9 Å². The number of benzene rings is 1. The summed E-state index contributed by atoms with van der Waals surface area (Å²) in [5.74, 6) is 0.499. The molecule has 2 aromatic rings. The van der Waals surface area contributed by atoms with E-state index in [1.165, 1.54) is 0 Å². The molecule has 136 valence electrons. The maximum absolute atomic E-state index is 12.2. The van der Waals surface area contributed by atoms with E-state index in [9.17, 15) is 9.90 Å². The summed E-state index contributed by atoms with van der Waals surface area (Å²) in [7, 11) is 5.67. The molecule has 2 amide bonds. The number of aliphatic hydroxyl groups is 1. The van der Waals surface area contributed by atoms with Crippen molar-refractivity contribution < 1.29 is 9.90 Å². The summed E-state index contributed by atoms with van der Waals surface area (Å²) in [4.78, 5) is 14.2. The van der Waals surface area contributed by atoms with E-state index < -0.39 is 6.10 Å². The van der Waals surface area contributed by atoms with Gasteiger partial charge in [0.05, 0.1) is 11.8 Å². The van der Waals surface area contributed by atoms with Crippen molar-refractivity contribution in [3.05, 3.63) is 47.7 Å². The van der Waals surface area contributed by atoms with Crippen LogP contribution in [0.3, 0.4) is 0 Å². The normalized spacial score (nSPS) is 13.5. The van der Waals surface area contributed by atoms with E-state index in [1.54, 1.807) is 17.8 Å². The summed E-state index contributed by atoms with van der Waals surface area (Å²) >= 11 is 0. The molecule has 0 fully saturated rings. The van der Waals surface area contributed by atoms with E-state index in [0.29, 0.717) is 18.9 Å². The Morgan fingerprint density at radius 2 is 2.00 bits per heavy atom. The lowest BCUT2D eigenvalue weighted by Crippen LogP contribution is -2.39. The zero-order valence-corrected chi connectivity index (χ0v) is 15.2. The van der Waals surface area contributed by atoms with Crippen LogP contribution in [0.25, 0.3) is 0 Å². The standard InChI is InChI=1S/C18H27N5O2/c1-13-10-16(23(4)21-13)20-18(25)19-11-15(12-22(2)3)17(24)14-8-6-5-7-9-14/h5-10,15,17,24H,11-12H2,1-4H3,(H2,19,20,25)/t15-,17-/m0/s1. The van der Waals surface area contributed by atoms with E-state index in [2.05, 4.69) is 15.7 Å². The molecule has 0 unspecified atom stereocenters. The van der Waals surface area contributed by atoms with Crippen molar-refractivity contribution in [3.63, 3.8) is 0 Å². The zero-order valence-electron chi connectivity index (χ0n) is 15.2. The van der Waals surface area contributed by atoms with Gasteiger partial charge in [-0.25, -0.2) is 4.79 Å². The number of carbonyl (C=O) groups excluding carboxylic acids is 1. The predicted molar refractivity (Wildman–Crippen MR) is 98.4 cm³/mol. The molecule has 0 aliphatic rings. The molecule has 0 spiro atoms. The second-order valence-electron chi connectivity index (χ2n) is 6.51. The monoisotopic (exact) mass is 345 g/mol. The van der Waals surface area contributed by atoms with E-state index in [0.717, 1.165) is 11.3 Å². The first kappa shape index (κ1) is 19.0. The number of urea groups is 1. The van der Waals surface area contributed by atoms with Crippen molar-refractivity contribution in [3.8, 4) is 0 Å². The molecule has 7 heteroatoms. The van der Waals surface area contributed by atoms with E-state index in [1.807, 2.05) is 56.3 Å². The Labute approximate surface area is 148 Å². The lowest BCUT2D eigenvalue weighted by Gasteiger charge is -2.26. The topological polar surface area (TPSA) is 82.4 Å². The van der Waals surface area contributed by atoms with Crippen LogP contribution >= 0.6 is 0 Å². The molecular formula is C18H27N5O2. The lowest BCUT2D eigenvalue weighted by atomic mass is 9.95. The number of nitrogens with one attached hydrogen (secondary N) is 2. The van der Waals surface area contributed by atoms with E-state index >= 15 is 0 Å². The van der Waals surface area contributed by atoms with Crippen LogP contribution in [-0.4, -0.2) is 53.0 Å². The Bertz CT molecular complexity index is 684. The van der Waals surface area contributed by atoms with Gasteiger partial charge < -0.3 is 15.3 Å². The molecule has 0 aliphatic carbocycles. The van der Waals surface area contributed by atoms with Gasteiger partial charge >= 0.3 is 6.03 Å². The number of aryl methyl sites for hydroxylation is 2. The van der Waals surface area contributed by atoms with Gasteiger partial charge in [0.1, 0.15) is 5.82 Å².